The van der Waals surface area contributed by atoms with E-state index < -0.39 is 11.7 Å². The number of hydrogen-bond donors (Lipinski definition) is 1. The number of ketones is 3. The van der Waals surface area contributed by atoms with Gasteiger partial charge in [-0.25, -0.2) is 0 Å². The molecule has 2 aromatic carbocycles. The van der Waals surface area contributed by atoms with E-state index in [-0.39, 0.29) is 42.5 Å². The van der Waals surface area contributed by atoms with Gasteiger partial charge in [0.1, 0.15) is 11.7 Å². The van der Waals surface area contributed by atoms with Crippen LogP contribution in [-0.4, -0.2) is 22.5 Å². The van der Waals surface area contributed by atoms with Gasteiger partial charge in [0, 0.05) is 24.8 Å². The first-order valence-corrected chi connectivity index (χ1v) is 7.96. The second-order valence-electron chi connectivity index (χ2n) is 6.15. The lowest BCUT2D eigenvalue weighted by Crippen LogP contribution is -2.38. The maximum Gasteiger partial charge on any atom is 0.155 e. The molecule has 4 heteroatoms. The SMILES string of the molecule is O=C(Cc1ccccc1O)C1C(=O)CC(c2ccccc2)CC1=O. The summed E-state index contributed by atoms with van der Waals surface area (Å²) in [5.74, 6) is -2.41. The van der Waals surface area contributed by atoms with E-state index in [0.29, 0.717) is 5.56 Å². The third-order valence-corrected chi connectivity index (χ3v) is 4.49. The van der Waals surface area contributed by atoms with E-state index >= 15 is 0 Å². The Morgan fingerprint density at radius 1 is 0.917 bits per heavy atom. The quantitative estimate of drug-likeness (QED) is 0.879. The number of phenolic OH excluding ortho intramolecular Hbond substituents is 1. The van der Waals surface area contributed by atoms with Crippen molar-refractivity contribution in [2.24, 2.45) is 5.92 Å². The van der Waals surface area contributed by atoms with Crippen LogP contribution in [0.4, 0.5) is 0 Å². The van der Waals surface area contributed by atoms with E-state index in [0.717, 1.165) is 5.56 Å². The fourth-order valence-corrected chi connectivity index (χ4v) is 3.24. The number of benzene rings is 2. The van der Waals surface area contributed by atoms with Gasteiger partial charge in [-0.2, -0.15) is 0 Å². The van der Waals surface area contributed by atoms with Crippen molar-refractivity contribution < 1.29 is 19.5 Å². The average Bonchev–Trinajstić information content (AvgIpc) is 2.57. The van der Waals surface area contributed by atoms with E-state index in [1.807, 2.05) is 30.3 Å². The summed E-state index contributed by atoms with van der Waals surface area (Å²) >= 11 is 0. The van der Waals surface area contributed by atoms with Gasteiger partial charge in [-0.1, -0.05) is 48.5 Å². The van der Waals surface area contributed by atoms with Gasteiger partial charge in [0.15, 0.2) is 17.3 Å². The number of carbonyl (C=O) groups excluding carboxylic acids is 3. The van der Waals surface area contributed by atoms with Crippen LogP contribution in [0.5, 0.6) is 5.75 Å². The Morgan fingerprint density at radius 2 is 1.50 bits per heavy atom. The van der Waals surface area contributed by atoms with Crippen LogP contribution < -0.4 is 0 Å². The molecule has 0 spiro atoms. The smallest absolute Gasteiger partial charge is 0.155 e. The zero-order valence-electron chi connectivity index (χ0n) is 13.1. The molecule has 0 saturated heterocycles. The molecular formula is C20H18O4. The summed E-state index contributed by atoms with van der Waals surface area (Å²) in [6.45, 7) is 0. The van der Waals surface area contributed by atoms with Crippen LogP contribution in [0, 0.1) is 5.92 Å². The molecule has 2 aromatic rings. The first-order valence-electron chi connectivity index (χ1n) is 7.96. The molecule has 0 aliphatic heterocycles. The third kappa shape index (κ3) is 3.27. The molecule has 0 unspecified atom stereocenters. The highest BCUT2D eigenvalue weighted by Crippen LogP contribution is 2.32. The standard InChI is InChI=1S/C20H18O4/c21-16-9-5-4-8-14(16)10-17(22)20-18(23)11-15(12-19(20)24)13-6-2-1-3-7-13/h1-9,15,20-21H,10-12H2. The molecule has 0 bridgehead atoms. The van der Waals surface area contributed by atoms with Gasteiger partial charge in [-0.3, -0.25) is 14.4 Å². The monoisotopic (exact) mass is 322 g/mol. The molecule has 1 aliphatic carbocycles. The number of Topliss-reactive ketones (excluding diaryl/α,β-unsaturated/α-hetero) is 3. The topological polar surface area (TPSA) is 71.4 Å². The molecule has 1 fully saturated rings. The number of phenols is 1. The lowest BCUT2D eigenvalue weighted by Gasteiger charge is -2.26. The van der Waals surface area contributed by atoms with Gasteiger partial charge in [-0.15, -0.1) is 0 Å². The maximum absolute atomic E-state index is 12.4. The summed E-state index contributed by atoms with van der Waals surface area (Å²) in [4.78, 5) is 37.2. The molecular weight excluding hydrogens is 304 g/mol. The predicted octanol–water partition coefficient (Wildman–Crippen LogP) is 2.84. The van der Waals surface area contributed by atoms with Crippen molar-refractivity contribution in [1.29, 1.82) is 0 Å². The highest BCUT2D eigenvalue weighted by Gasteiger charge is 2.40. The van der Waals surface area contributed by atoms with Crippen molar-refractivity contribution in [1.82, 2.24) is 0 Å². The Bertz CT molecular complexity index is 761. The Hall–Kier alpha value is -2.75. The summed E-state index contributed by atoms with van der Waals surface area (Å²) in [7, 11) is 0. The minimum absolute atomic E-state index is 0.00344. The molecule has 0 radical (unpaired) electrons. The number of carbonyl (C=O) groups is 3. The van der Waals surface area contributed by atoms with Crippen LogP contribution in [0.1, 0.15) is 29.9 Å². The van der Waals surface area contributed by atoms with E-state index in [1.54, 1.807) is 18.2 Å². The molecule has 0 aromatic heterocycles. The molecule has 1 aliphatic rings. The molecule has 24 heavy (non-hydrogen) atoms. The molecule has 122 valence electrons. The van der Waals surface area contributed by atoms with Crippen molar-refractivity contribution in [2.75, 3.05) is 0 Å². The van der Waals surface area contributed by atoms with Crippen molar-refractivity contribution in [3.05, 3.63) is 65.7 Å². The minimum atomic E-state index is -1.19. The van der Waals surface area contributed by atoms with Gasteiger partial charge in [0.2, 0.25) is 0 Å². The van der Waals surface area contributed by atoms with Crippen molar-refractivity contribution >= 4 is 17.3 Å². The predicted molar refractivity (Wildman–Crippen MR) is 88.7 cm³/mol. The van der Waals surface area contributed by atoms with E-state index in [2.05, 4.69) is 0 Å². The van der Waals surface area contributed by atoms with Crippen LogP contribution in [-0.2, 0) is 20.8 Å². The highest BCUT2D eigenvalue weighted by molar-refractivity contribution is 6.21. The van der Waals surface area contributed by atoms with E-state index in [9.17, 15) is 19.5 Å². The Balaban J connectivity index is 1.74. The number of para-hydroxylation sites is 1. The summed E-state index contributed by atoms with van der Waals surface area (Å²) in [6.07, 6.45) is 0.296. The lowest BCUT2D eigenvalue weighted by molar-refractivity contribution is -0.142. The molecule has 0 atom stereocenters. The Labute approximate surface area is 140 Å². The summed E-state index contributed by atoms with van der Waals surface area (Å²) < 4.78 is 0. The normalized spacial score (nSPS) is 20.8. The second-order valence-corrected chi connectivity index (χ2v) is 6.15. The third-order valence-electron chi connectivity index (χ3n) is 4.49. The highest BCUT2D eigenvalue weighted by atomic mass is 16.3. The zero-order valence-corrected chi connectivity index (χ0v) is 13.1. The van der Waals surface area contributed by atoms with Crippen LogP contribution in [0.25, 0.3) is 0 Å². The lowest BCUT2D eigenvalue weighted by atomic mass is 9.74. The number of aromatic hydroxyl groups is 1. The fourth-order valence-electron chi connectivity index (χ4n) is 3.24. The van der Waals surface area contributed by atoms with E-state index in [1.165, 1.54) is 6.07 Å². The van der Waals surface area contributed by atoms with Gasteiger partial charge >= 0.3 is 0 Å². The largest absolute Gasteiger partial charge is 0.508 e. The fraction of sp³-hybridized carbons (Fsp3) is 0.250. The maximum atomic E-state index is 12.4. The summed E-state index contributed by atoms with van der Waals surface area (Å²) in [5.41, 5.74) is 1.39. The van der Waals surface area contributed by atoms with Gasteiger partial charge in [0.25, 0.3) is 0 Å². The second kappa shape index (κ2) is 6.79. The van der Waals surface area contributed by atoms with E-state index in [4.69, 9.17) is 0 Å². The molecule has 1 N–H and O–H groups in total. The molecule has 0 amide bonds. The van der Waals surface area contributed by atoms with Crippen LogP contribution in [0.2, 0.25) is 0 Å². The number of hydrogen-bond acceptors (Lipinski definition) is 4. The van der Waals surface area contributed by atoms with Gasteiger partial charge < -0.3 is 5.11 Å². The summed E-state index contributed by atoms with van der Waals surface area (Å²) in [5, 5.41) is 9.76. The van der Waals surface area contributed by atoms with Crippen molar-refractivity contribution in [3.63, 3.8) is 0 Å². The molecule has 1 saturated carbocycles. The van der Waals surface area contributed by atoms with Crippen LogP contribution >= 0.6 is 0 Å². The van der Waals surface area contributed by atoms with Crippen molar-refractivity contribution in [2.45, 2.75) is 25.2 Å². The average molecular weight is 322 g/mol. The first kappa shape index (κ1) is 16.1. The molecule has 0 heterocycles. The Morgan fingerprint density at radius 3 is 2.12 bits per heavy atom. The van der Waals surface area contributed by atoms with Gasteiger partial charge in [0.05, 0.1) is 0 Å². The zero-order chi connectivity index (χ0) is 17.1. The van der Waals surface area contributed by atoms with Crippen LogP contribution in [0.15, 0.2) is 54.6 Å². The molecule has 4 nitrogen and oxygen atoms in total. The first-order chi connectivity index (χ1) is 11.6. The minimum Gasteiger partial charge on any atom is -0.508 e. The van der Waals surface area contributed by atoms with Gasteiger partial charge in [-0.05, 0) is 17.5 Å². The number of rotatable bonds is 4. The molecule has 3 rings (SSSR count). The summed E-state index contributed by atoms with van der Waals surface area (Å²) in [6, 6.07) is 15.9. The van der Waals surface area contributed by atoms with Crippen LogP contribution in [0.3, 0.4) is 0 Å². The Kier molecular flexibility index (Phi) is 4.56. The van der Waals surface area contributed by atoms with Crippen molar-refractivity contribution in [3.8, 4) is 5.75 Å².